The molecule has 1 saturated heterocycles. The summed E-state index contributed by atoms with van der Waals surface area (Å²) in [4.78, 5) is 4.48. The van der Waals surface area contributed by atoms with E-state index in [2.05, 4.69) is 15.6 Å². The van der Waals surface area contributed by atoms with Gasteiger partial charge in [-0.3, -0.25) is 4.99 Å². The Kier molecular flexibility index (Phi) is 13.3. The molecule has 8 heteroatoms. The fraction of sp³-hybridized carbons (Fsp3) is 0.650. The first-order valence-electron chi connectivity index (χ1n) is 9.81. The highest BCUT2D eigenvalue weighted by Gasteiger charge is 2.13. The molecule has 0 unspecified atom stereocenters. The molecule has 2 N–H and O–H groups in total. The van der Waals surface area contributed by atoms with E-state index in [1.165, 1.54) is 18.2 Å². The maximum Gasteiger partial charge on any atom is 0.191 e. The minimum Gasteiger partial charge on any atom is -0.381 e. The number of hydrogen-bond donors (Lipinski definition) is 2. The lowest BCUT2D eigenvalue weighted by Gasteiger charge is -2.21. The lowest BCUT2D eigenvalue weighted by molar-refractivity contribution is 0.0205. The van der Waals surface area contributed by atoms with Gasteiger partial charge in [-0.15, -0.1) is 24.0 Å². The number of aliphatic imine (C=N–C) groups is 1. The number of rotatable bonds is 10. The molecule has 160 valence electrons. The molecule has 1 heterocycles. The van der Waals surface area contributed by atoms with E-state index >= 15 is 0 Å². The minimum absolute atomic E-state index is 0. The molecule has 0 aliphatic carbocycles. The molecule has 0 atom stereocenters. The average molecular weight is 511 g/mol. The summed E-state index contributed by atoms with van der Waals surface area (Å²) in [6.45, 7) is 6.89. The molecule has 1 aliphatic rings. The zero-order valence-corrected chi connectivity index (χ0v) is 18.8. The van der Waals surface area contributed by atoms with Gasteiger partial charge < -0.3 is 20.1 Å². The number of halogens is 3. The number of nitrogens with one attached hydrogen (secondary N) is 2. The van der Waals surface area contributed by atoms with Gasteiger partial charge in [-0.2, -0.15) is 0 Å². The van der Waals surface area contributed by atoms with Crippen LogP contribution in [0.1, 0.15) is 31.7 Å². The maximum absolute atomic E-state index is 13.6. The summed E-state index contributed by atoms with van der Waals surface area (Å²) < 4.78 is 38.4. The Hall–Kier alpha value is -1.000. The molecular weight excluding hydrogens is 479 g/mol. The Labute approximate surface area is 183 Å². The molecule has 0 radical (unpaired) electrons. The fourth-order valence-corrected chi connectivity index (χ4v) is 2.94. The predicted molar refractivity (Wildman–Crippen MR) is 118 cm³/mol. The summed E-state index contributed by atoms with van der Waals surface area (Å²) in [6.07, 6.45) is 3.25. The molecule has 1 fully saturated rings. The van der Waals surface area contributed by atoms with Crippen LogP contribution in [0.25, 0.3) is 0 Å². The van der Waals surface area contributed by atoms with Gasteiger partial charge in [0.2, 0.25) is 0 Å². The molecule has 1 aliphatic heterocycles. The van der Waals surface area contributed by atoms with Crippen molar-refractivity contribution >= 4 is 29.9 Å². The van der Waals surface area contributed by atoms with Crippen LogP contribution in [0, 0.1) is 17.6 Å². The fourth-order valence-electron chi connectivity index (χ4n) is 2.94. The van der Waals surface area contributed by atoms with Gasteiger partial charge in [0.05, 0.1) is 0 Å². The minimum atomic E-state index is -0.514. The molecular formula is C20H32F2IN3O2. The number of guanidine groups is 1. The third-order valence-corrected chi connectivity index (χ3v) is 4.48. The topological polar surface area (TPSA) is 54.9 Å². The Morgan fingerprint density at radius 3 is 2.61 bits per heavy atom. The second kappa shape index (κ2) is 14.9. The number of benzene rings is 1. The first-order chi connectivity index (χ1) is 13.2. The van der Waals surface area contributed by atoms with Crippen molar-refractivity contribution in [1.82, 2.24) is 10.6 Å². The van der Waals surface area contributed by atoms with Gasteiger partial charge in [-0.1, -0.05) is 6.07 Å². The molecule has 0 aromatic heterocycles. The van der Waals surface area contributed by atoms with Gasteiger partial charge in [-0.25, -0.2) is 8.78 Å². The van der Waals surface area contributed by atoms with Crippen LogP contribution >= 0.6 is 24.0 Å². The summed E-state index contributed by atoms with van der Waals surface area (Å²) in [5.41, 5.74) is 0.0994. The lowest BCUT2D eigenvalue weighted by Crippen LogP contribution is -2.38. The largest absolute Gasteiger partial charge is 0.381 e. The van der Waals surface area contributed by atoms with E-state index in [0.29, 0.717) is 31.6 Å². The van der Waals surface area contributed by atoms with Crippen molar-refractivity contribution in [3.8, 4) is 0 Å². The second-order valence-corrected chi connectivity index (χ2v) is 6.62. The van der Waals surface area contributed by atoms with Crippen LogP contribution in [0.5, 0.6) is 0 Å². The first-order valence-corrected chi connectivity index (χ1v) is 9.81. The van der Waals surface area contributed by atoms with Crippen molar-refractivity contribution < 1.29 is 18.3 Å². The van der Waals surface area contributed by atoms with Crippen molar-refractivity contribution in [1.29, 1.82) is 0 Å². The first kappa shape index (κ1) is 25.0. The maximum atomic E-state index is 13.6. The molecule has 0 spiro atoms. The Bertz CT molecular complexity index is 564. The number of ether oxygens (including phenoxy) is 2. The standard InChI is InChI=1S/C20H31F2N3O2.HI/c1-2-23-20(25-11-7-17-18(21)5-3-6-19(17)22)24-10-4-12-27-15-16-8-13-26-14-9-16;/h3,5-6,16H,2,4,7-15H2,1H3,(H2,23,24,25);1H. The molecule has 0 amide bonds. The van der Waals surface area contributed by atoms with E-state index < -0.39 is 11.6 Å². The summed E-state index contributed by atoms with van der Waals surface area (Å²) >= 11 is 0. The third-order valence-electron chi connectivity index (χ3n) is 4.48. The Morgan fingerprint density at radius 2 is 1.93 bits per heavy atom. The van der Waals surface area contributed by atoms with Crippen molar-refractivity contribution in [3.05, 3.63) is 35.4 Å². The van der Waals surface area contributed by atoms with Crippen molar-refractivity contribution in [2.75, 3.05) is 46.1 Å². The highest BCUT2D eigenvalue weighted by atomic mass is 127. The molecule has 5 nitrogen and oxygen atoms in total. The summed E-state index contributed by atoms with van der Waals surface area (Å²) in [5, 5.41) is 6.25. The van der Waals surface area contributed by atoms with E-state index in [4.69, 9.17) is 9.47 Å². The van der Waals surface area contributed by atoms with Crippen molar-refractivity contribution in [3.63, 3.8) is 0 Å². The van der Waals surface area contributed by atoms with Gasteiger partial charge in [0.25, 0.3) is 0 Å². The van der Waals surface area contributed by atoms with Crippen molar-refractivity contribution in [2.45, 2.75) is 32.6 Å². The summed E-state index contributed by atoms with van der Waals surface area (Å²) in [6, 6.07) is 3.92. The Morgan fingerprint density at radius 1 is 1.21 bits per heavy atom. The van der Waals surface area contributed by atoms with Crippen LogP contribution in [0.4, 0.5) is 8.78 Å². The van der Waals surface area contributed by atoms with E-state index in [1.807, 2.05) is 6.92 Å². The van der Waals surface area contributed by atoms with Gasteiger partial charge in [0.1, 0.15) is 11.6 Å². The van der Waals surface area contributed by atoms with Crippen LogP contribution in [0.3, 0.4) is 0 Å². The van der Waals surface area contributed by atoms with Crippen LogP contribution in [-0.4, -0.2) is 52.0 Å². The number of nitrogens with zero attached hydrogens (tertiary/aromatic N) is 1. The van der Waals surface area contributed by atoms with Gasteiger partial charge in [0.15, 0.2) is 5.96 Å². The molecule has 1 aromatic rings. The number of hydrogen-bond acceptors (Lipinski definition) is 3. The van der Waals surface area contributed by atoms with E-state index in [1.54, 1.807) is 0 Å². The van der Waals surface area contributed by atoms with Crippen LogP contribution in [0.2, 0.25) is 0 Å². The predicted octanol–water partition coefficient (Wildman–Crippen LogP) is 3.51. The molecule has 1 aromatic carbocycles. The SMILES string of the molecule is CCNC(=NCCCOCC1CCOCC1)NCCc1c(F)cccc1F.I. The van der Waals surface area contributed by atoms with Crippen molar-refractivity contribution in [2.24, 2.45) is 10.9 Å². The normalized spacial score (nSPS) is 15.2. The van der Waals surface area contributed by atoms with E-state index in [-0.39, 0.29) is 36.0 Å². The zero-order valence-electron chi connectivity index (χ0n) is 16.5. The summed E-state index contributed by atoms with van der Waals surface area (Å²) in [7, 11) is 0. The smallest absolute Gasteiger partial charge is 0.191 e. The molecule has 0 saturated carbocycles. The van der Waals surface area contributed by atoms with E-state index in [9.17, 15) is 8.78 Å². The lowest BCUT2D eigenvalue weighted by atomic mass is 10.0. The highest BCUT2D eigenvalue weighted by Crippen LogP contribution is 2.14. The highest BCUT2D eigenvalue weighted by molar-refractivity contribution is 14.0. The third kappa shape index (κ3) is 9.47. The van der Waals surface area contributed by atoms with Gasteiger partial charge in [0, 0.05) is 51.6 Å². The molecule has 28 heavy (non-hydrogen) atoms. The quantitative estimate of drug-likeness (QED) is 0.219. The van der Waals surface area contributed by atoms with Gasteiger partial charge in [-0.05, 0) is 50.7 Å². The zero-order chi connectivity index (χ0) is 19.3. The van der Waals surface area contributed by atoms with Gasteiger partial charge >= 0.3 is 0 Å². The summed E-state index contributed by atoms with van der Waals surface area (Å²) in [5.74, 6) is 0.236. The Balaban J connectivity index is 0.00000392. The average Bonchev–Trinajstić information content (AvgIpc) is 2.67. The van der Waals surface area contributed by atoms with Crippen LogP contribution in [-0.2, 0) is 15.9 Å². The molecule has 0 bridgehead atoms. The second-order valence-electron chi connectivity index (χ2n) is 6.62. The monoisotopic (exact) mass is 511 g/mol. The van der Waals surface area contributed by atoms with E-state index in [0.717, 1.165) is 45.6 Å². The van der Waals surface area contributed by atoms with Crippen LogP contribution < -0.4 is 10.6 Å². The molecule has 2 rings (SSSR count). The van der Waals surface area contributed by atoms with Crippen LogP contribution in [0.15, 0.2) is 23.2 Å².